The van der Waals surface area contributed by atoms with Gasteiger partial charge in [-0.15, -0.1) is 23.7 Å². The smallest absolute Gasteiger partial charge is 0.185 e. The minimum Gasteiger partial charge on any atom is -0.378 e. The van der Waals surface area contributed by atoms with Gasteiger partial charge in [0.05, 0.1) is 13.2 Å². The summed E-state index contributed by atoms with van der Waals surface area (Å²) < 4.78 is 5.39. The van der Waals surface area contributed by atoms with Gasteiger partial charge >= 0.3 is 0 Å². The second-order valence-electron chi connectivity index (χ2n) is 5.82. The summed E-state index contributed by atoms with van der Waals surface area (Å²) in [7, 11) is 0. The Hall–Kier alpha value is -0.400. The van der Waals surface area contributed by atoms with Crippen LogP contribution in [0, 0.1) is 5.92 Å². The van der Waals surface area contributed by atoms with Crippen LogP contribution in [0.3, 0.4) is 0 Å². The summed E-state index contributed by atoms with van der Waals surface area (Å²) in [5.41, 5.74) is 5.80. The molecule has 0 saturated carbocycles. The van der Waals surface area contributed by atoms with Crippen LogP contribution in [0.25, 0.3) is 0 Å². The van der Waals surface area contributed by atoms with Gasteiger partial charge in [-0.3, -0.25) is 4.90 Å². The number of ether oxygens (including phenoxy) is 1. The van der Waals surface area contributed by atoms with Gasteiger partial charge in [0.1, 0.15) is 0 Å². The molecule has 7 heteroatoms. The second kappa shape index (κ2) is 7.74. The highest BCUT2D eigenvalue weighted by molar-refractivity contribution is 7.15. The van der Waals surface area contributed by atoms with Crippen LogP contribution in [0.1, 0.15) is 18.2 Å². The third-order valence-electron chi connectivity index (χ3n) is 4.31. The quantitative estimate of drug-likeness (QED) is 0.907. The van der Waals surface area contributed by atoms with Crippen LogP contribution in [0.15, 0.2) is 6.20 Å². The van der Waals surface area contributed by atoms with Crippen LogP contribution < -0.4 is 10.6 Å². The minimum absolute atomic E-state index is 0. The largest absolute Gasteiger partial charge is 0.378 e. The Balaban J connectivity index is 0.00000161. The molecule has 120 valence electrons. The normalized spacial score (nSPS) is 26.9. The highest BCUT2D eigenvalue weighted by Gasteiger charge is 2.28. The molecule has 0 bridgehead atoms. The Kier molecular flexibility index (Phi) is 6.25. The zero-order chi connectivity index (χ0) is 13.9. The van der Waals surface area contributed by atoms with Crippen molar-refractivity contribution in [3.63, 3.8) is 0 Å². The van der Waals surface area contributed by atoms with E-state index in [1.54, 1.807) is 0 Å². The third-order valence-corrected chi connectivity index (χ3v) is 5.35. The van der Waals surface area contributed by atoms with E-state index in [1.807, 2.05) is 17.5 Å². The molecule has 0 aliphatic carbocycles. The lowest BCUT2D eigenvalue weighted by Gasteiger charge is -2.26. The molecule has 3 heterocycles. The number of thiazole rings is 1. The SMILES string of the molecule is CC1CC(CN)CN1Cc1cnc(N2CCOCC2)s1.Cl. The molecule has 2 unspecified atom stereocenters. The Labute approximate surface area is 136 Å². The number of anilines is 1. The fraction of sp³-hybridized carbons (Fsp3) is 0.786. The van der Waals surface area contributed by atoms with Gasteiger partial charge < -0.3 is 15.4 Å². The average Bonchev–Trinajstić information content (AvgIpc) is 3.08. The number of hydrogen-bond acceptors (Lipinski definition) is 6. The van der Waals surface area contributed by atoms with Gasteiger partial charge in [0.2, 0.25) is 0 Å². The monoisotopic (exact) mass is 332 g/mol. The zero-order valence-electron chi connectivity index (χ0n) is 12.5. The molecule has 2 fully saturated rings. The molecule has 0 amide bonds. The first-order chi connectivity index (χ1) is 9.76. The maximum Gasteiger partial charge on any atom is 0.185 e. The summed E-state index contributed by atoms with van der Waals surface area (Å²) in [5.74, 6) is 0.664. The first-order valence-corrected chi connectivity index (χ1v) is 8.29. The van der Waals surface area contributed by atoms with E-state index in [2.05, 4.69) is 21.7 Å². The molecule has 21 heavy (non-hydrogen) atoms. The van der Waals surface area contributed by atoms with E-state index in [0.29, 0.717) is 12.0 Å². The number of morpholine rings is 1. The number of aromatic nitrogens is 1. The molecule has 1 aromatic rings. The first kappa shape index (κ1) is 17.0. The lowest BCUT2D eigenvalue weighted by Crippen LogP contribution is -2.36. The Bertz CT molecular complexity index is 438. The molecule has 5 nitrogen and oxygen atoms in total. The topological polar surface area (TPSA) is 54.6 Å². The van der Waals surface area contributed by atoms with Gasteiger partial charge in [-0.2, -0.15) is 0 Å². The van der Waals surface area contributed by atoms with Crippen LogP contribution in [-0.4, -0.2) is 55.3 Å². The van der Waals surface area contributed by atoms with Crippen molar-refractivity contribution in [3.05, 3.63) is 11.1 Å². The van der Waals surface area contributed by atoms with Crippen molar-refractivity contribution in [1.29, 1.82) is 0 Å². The number of nitrogens with two attached hydrogens (primary N) is 1. The summed E-state index contributed by atoms with van der Waals surface area (Å²) in [6, 6.07) is 0.637. The molecular formula is C14H25ClN4OS. The van der Waals surface area contributed by atoms with Crippen LogP contribution in [0.2, 0.25) is 0 Å². The number of likely N-dealkylation sites (tertiary alicyclic amines) is 1. The van der Waals surface area contributed by atoms with Gasteiger partial charge in [-0.1, -0.05) is 0 Å². The fourth-order valence-corrected chi connectivity index (χ4v) is 4.07. The number of nitrogens with zero attached hydrogens (tertiary/aromatic N) is 3. The molecule has 2 N–H and O–H groups in total. The maximum atomic E-state index is 5.80. The minimum atomic E-state index is 0. The Morgan fingerprint density at radius 3 is 2.86 bits per heavy atom. The van der Waals surface area contributed by atoms with Crippen molar-refractivity contribution in [1.82, 2.24) is 9.88 Å². The molecule has 0 aromatic carbocycles. The Morgan fingerprint density at radius 1 is 1.43 bits per heavy atom. The van der Waals surface area contributed by atoms with Crippen LogP contribution in [0.5, 0.6) is 0 Å². The molecule has 2 aliphatic heterocycles. The Morgan fingerprint density at radius 2 is 2.19 bits per heavy atom. The van der Waals surface area contributed by atoms with E-state index in [0.717, 1.165) is 51.1 Å². The number of rotatable bonds is 4. The predicted molar refractivity (Wildman–Crippen MR) is 89.4 cm³/mol. The molecule has 0 radical (unpaired) electrons. The van der Waals surface area contributed by atoms with E-state index in [9.17, 15) is 0 Å². The van der Waals surface area contributed by atoms with Crippen molar-refractivity contribution in [2.45, 2.75) is 25.9 Å². The van der Waals surface area contributed by atoms with Crippen molar-refractivity contribution in [2.24, 2.45) is 11.7 Å². The van der Waals surface area contributed by atoms with Crippen molar-refractivity contribution < 1.29 is 4.74 Å². The van der Waals surface area contributed by atoms with E-state index >= 15 is 0 Å². The molecular weight excluding hydrogens is 308 g/mol. The summed E-state index contributed by atoms with van der Waals surface area (Å²) in [4.78, 5) is 10.8. The highest BCUT2D eigenvalue weighted by atomic mass is 35.5. The molecule has 3 rings (SSSR count). The van der Waals surface area contributed by atoms with Gasteiger partial charge in [0.15, 0.2) is 5.13 Å². The van der Waals surface area contributed by atoms with Crippen molar-refractivity contribution >= 4 is 28.9 Å². The zero-order valence-corrected chi connectivity index (χ0v) is 14.2. The lowest BCUT2D eigenvalue weighted by molar-refractivity contribution is 0.122. The highest BCUT2D eigenvalue weighted by Crippen LogP contribution is 2.28. The fourth-order valence-electron chi connectivity index (χ4n) is 3.08. The van der Waals surface area contributed by atoms with E-state index in [1.165, 1.54) is 11.3 Å². The summed E-state index contributed by atoms with van der Waals surface area (Å²) in [5, 5.41) is 1.14. The summed E-state index contributed by atoms with van der Waals surface area (Å²) in [6.07, 6.45) is 3.27. The van der Waals surface area contributed by atoms with E-state index in [-0.39, 0.29) is 12.4 Å². The van der Waals surface area contributed by atoms with Crippen LogP contribution in [0.4, 0.5) is 5.13 Å². The van der Waals surface area contributed by atoms with Gasteiger partial charge in [0, 0.05) is 43.3 Å². The van der Waals surface area contributed by atoms with Crippen LogP contribution in [-0.2, 0) is 11.3 Å². The lowest BCUT2D eigenvalue weighted by atomic mass is 10.1. The van der Waals surface area contributed by atoms with E-state index in [4.69, 9.17) is 10.5 Å². The molecule has 2 saturated heterocycles. The maximum absolute atomic E-state index is 5.80. The standard InChI is InChI=1S/C14H24N4OS.ClH/c1-11-6-12(7-15)9-18(11)10-13-8-16-14(20-13)17-2-4-19-5-3-17;/h8,11-12H,2-7,9-10,15H2,1H3;1H. The predicted octanol–water partition coefficient (Wildman–Crippen LogP) is 1.57. The van der Waals surface area contributed by atoms with Gasteiger partial charge in [0.25, 0.3) is 0 Å². The van der Waals surface area contributed by atoms with Crippen LogP contribution >= 0.6 is 23.7 Å². The average molecular weight is 333 g/mol. The second-order valence-corrected chi connectivity index (χ2v) is 6.92. The van der Waals surface area contributed by atoms with E-state index < -0.39 is 0 Å². The summed E-state index contributed by atoms with van der Waals surface area (Å²) >= 11 is 1.82. The van der Waals surface area contributed by atoms with Gasteiger partial charge in [-0.25, -0.2) is 4.98 Å². The number of hydrogen-bond donors (Lipinski definition) is 1. The number of halogens is 1. The summed E-state index contributed by atoms with van der Waals surface area (Å²) in [6.45, 7) is 8.81. The third kappa shape index (κ3) is 4.07. The first-order valence-electron chi connectivity index (χ1n) is 7.47. The molecule has 2 atom stereocenters. The van der Waals surface area contributed by atoms with Crippen molar-refractivity contribution in [2.75, 3.05) is 44.3 Å². The molecule has 1 aromatic heterocycles. The molecule has 2 aliphatic rings. The van der Waals surface area contributed by atoms with Crippen molar-refractivity contribution in [3.8, 4) is 0 Å². The molecule has 0 spiro atoms. The van der Waals surface area contributed by atoms with Gasteiger partial charge in [-0.05, 0) is 25.8 Å².